The molecule has 0 aromatic heterocycles. The molecule has 1 N–H and O–H groups in total. The summed E-state index contributed by atoms with van der Waals surface area (Å²) in [4.78, 5) is 26.8. The van der Waals surface area contributed by atoms with Crippen molar-refractivity contribution in [3.05, 3.63) is 63.7 Å². The van der Waals surface area contributed by atoms with E-state index in [1.807, 2.05) is 0 Å². The third kappa shape index (κ3) is 5.00. The number of aryl methyl sites for hydroxylation is 2. The summed E-state index contributed by atoms with van der Waals surface area (Å²) in [5.41, 5.74) is -8.19. The summed E-state index contributed by atoms with van der Waals surface area (Å²) >= 11 is 6.26. The molecule has 2 atom stereocenters. The van der Waals surface area contributed by atoms with E-state index in [-0.39, 0.29) is 72.5 Å². The van der Waals surface area contributed by atoms with Gasteiger partial charge in [-0.05, 0) is 87.6 Å². The average molecular weight is 698 g/mol. The molecule has 2 aromatic carbocycles. The van der Waals surface area contributed by atoms with Gasteiger partial charge in [0.05, 0.1) is 16.4 Å². The highest BCUT2D eigenvalue weighted by atomic mass is 35.5. The summed E-state index contributed by atoms with van der Waals surface area (Å²) in [7, 11) is -4.54. The number of fused-ring (bicyclic) bond motifs is 3. The fourth-order valence-electron chi connectivity index (χ4n) is 7.40. The Morgan fingerprint density at radius 1 is 0.935 bits per heavy atom. The van der Waals surface area contributed by atoms with Gasteiger partial charge in [0.1, 0.15) is 4.75 Å². The number of rotatable bonds is 5. The van der Waals surface area contributed by atoms with E-state index >= 15 is 4.39 Å². The second kappa shape index (κ2) is 11.1. The molecule has 252 valence electrons. The van der Waals surface area contributed by atoms with Gasteiger partial charge in [0.15, 0.2) is 9.84 Å². The Kier molecular flexibility index (Phi) is 8.32. The highest BCUT2D eigenvalue weighted by Crippen LogP contribution is 2.57. The van der Waals surface area contributed by atoms with E-state index < -0.39 is 67.4 Å². The van der Waals surface area contributed by atoms with Crippen LogP contribution in [-0.2, 0) is 36.3 Å². The zero-order valence-corrected chi connectivity index (χ0v) is 26.3. The number of carbonyl (C=O) groups is 2. The minimum absolute atomic E-state index is 0.0889. The first kappa shape index (κ1) is 34.5. The van der Waals surface area contributed by atoms with Gasteiger partial charge in [-0.25, -0.2) is 12.8 Å². The highest BCUT2D eigenvalue weighted by molar-refractivity contribution is 7.92. The van der Waals surface area contributed by atoms with Crippen molar-refractivity contribution in [3.63, 3.8) is 0 Å². The Labute approximate surface area is 265 Å². The number of carboxylic acid groups (broad SMARTS) is 1. The second-order valence-corrected chi connectivity index (χ2v) is 15.4. The summed E-state index contributed by atoms with van der Waals surface area (Å²) in [6.45, 7) is 3.14. The number of hydrogen-bond donors (Lipinski definition) is 1. The van der Waals surface area contributed by atoms with Crippen LogP contribution in [0.2, 0.25) is 5.02 Å². The zero-order chi connectivity index (χ0) is 34.3. The van der Waals surface area contributed by atoms with Gasteiger partial charge < -0.3 is 10.0 Å². The summed E-state index contributed by atoms with van der Waals surface area (Å²) in [6, 6.07) is 4.46. The largest absolute Gasteiger partial charge is 0.481 e. The summed E-state index contributed by atoms with van der Waals surface area (Å²) in [5, 5.41) is 9.69. The molecule has 1 saturated carbocycles. The number of carbonyl (C=O) groups excluding carboxylic acids is 1. The number of sulfone groups is 1. The van der Waals surface area contributed by atoms with Crippen LogP contribution >= 0.6 is 11.6 Å². The van der Waals surface area contributed by atoms with E-state index in [4.69, 9.17) is 11.6 Å². The van der Waals surface area contributed by atoms with Crippen LogP contribution in [0.1, 0.15) is 67.7 Å². The molecule has 6 nitrogen and oxygen atoms in total. The van der Waals surface area contributed by atoms with Crippen molar-refractivity contribution in [2.75, 3.05) is 6.54 Å². The number of halogens is 8. The summed E-state index contributed by atoms with van der Waals surface area (Å²) < 4.78 is 124. The van der Waals surface area contributed by atoms with Crippen LogP contribution < -0.4 is 0 Å². The van der Waals surface area contributed by atoms with Crippen LogP contribution in [0.25, 0.3) is 0 Å². The molecule has 15 heteroatoms. The Morgan fingerprint density at radius 3 is 2.09 bits per heavy atom. The lowest BCUT2D eigenvalue weighted by Crippen LogP contribution is -2.54. The number of nitrogens with zero attached hydrogens (tertiary/aromatic N) is 1. The van der Waals surface area contributed by atoms with Crippen molar-refractivity contribution in [1.29, 1.82) is 0 Å². The monoisotopic (exact) mass is 697 g/mol. The Hall–Kier alpha value is -2.87. The van der Waals surface area contributed by atoms with Gasteiger partial charge in [-0.1, -0.05) is 35.9 Å². The number of aliphatic carboxylic acids is 1. The van der Waals surface area contributed by atoms with E-state index in [9.17, 15) is 49.5 Å². The van der Waals surface area contributed by atoms with Gasteiger partial charge in [0, 0.05) is 23.0 Å². The first-order valence-corrected chi connectivity index (χ1v) is 16.5. The molecule has 2 fully saturated rings. The fourth-order valence-corrected chi connectivity index (χ4v) is 10.0. The molecule has 46 heavy (non-hydrogen) atoms. The van der Waals surface area contributed by atoms with Crippen LogP contribution in [0, 0.1) is 18.3 Å². The molecule has 2 aromatic rings. The number of likely N-dealkylation sites (tertiary alicyclic amines) is 1. The van der Waals surface area contributed by atoms with Crippen LogP contribution in [0.4, 0.5) is 30.7 Å². The lowest BCUT2D eigenvalue weighted by atomic mass is 9.71. The summed E-state index contributed by atoms with van der Waals surface area (Å²) in [6.07, 6.45) is -12.4. The quantitative estimate of drug-likeness (QED) is 0.328. The Bertz CT molecular complexity index is 1670. The van der Waals surface area contributed by atoms with Gasteiger partial charge in [-0.3, -0.25) is 9.59 Å². The Morgan fingerprint density at radius 2 is 1.54 bits per heavy atom. The topological polar surface area (TPSA) is 91.8 Å². The van der Waals surface area contributed by atoms with Gasteiger partial charge in [0.2, 0.25) is 5.91 Å². The zero-order valence-electron chi connectivity index (χ0n) is 24.7. The molecular formula is C31H31ClF7NO5S. The van der Waals surface area contributed by atoms with Crippen molar-refractivity contribution < 1.29 is 53.8 Å². The third-order valence-corrected chi connectivity index (χ3v) is 13.2. The standard InChI is InChI=1S/C31H31ClF7NO5S/c1-17-3-6-21(16-23(17)32)46(44,45)28-13-14-40(25(41)18-9-11-27(2,12-10-18)26(42)43)24(28)8-4-19-15-20(5-7-22(19)28)29(33,30(34,35)36)31(37,38)39/h3,5-7,15-16,18,24H,4,8-14H2,1-2H3,(H,42,43)/t18-,24?,27-,28?. The van der Waals surface area contributed by atoms with E-state index in [0.717, 1.165) is 6.07 Å². The molecule has 1 heterocycles. The highest BCUT2D eigenvalue weighted by Gasteiger charge is 2.74. The van der Waals surface area contributed by atoms with Gasteiger partial charge >= 0.3 is 24.0 Å². The minimum atomic E-state index is -6.35. The predicted octanol–water partition coefficient (Wildman–Crippen LogP) is 7.44. The molecule has 3 aliphatic rings. The van der Waals surface area contributed by atoms with Crippen molar-refractivity contribution in [2.24, 2.45) is 11.3 Å². The average Bonchev–Trinajstić information content (AvgIpc) is 3.38. The number of carboxylic acids is 1. The maximum Gasteiger partial charge on any atom is 0.435 e. The van der Waals surface area contributed by atoms with Crippen LogP contribution in [-0.4, -0.2) is 55.2 Å². The molecule has 5 rings (SSSR count). The van der Waals surface area contributed by atoms with Crippen molar-refractivity contribution in [3.8, 4) is 0 Å². The number of alkyl halides is 7. The smallest absolute Gasteiger partial charge is 0.435 e. The van der Waals surface area contributed by atoms with Crippen molar-refractivity contribution in [1.82, 2.24) is 4.90 Å². The lowest BCUT2D eigenvalue weighted by molar-refractivity contribution is -0.348. The van der Waals surface area contributed by atoms with Crippen LogP contribution in [0.5, 0.6) is 0 Å². The molecule has 1 amide bonds. The van der Waals surface area contributed by atoms with E-state index in [2.05, 4.69) is 0 Å². The fraction of sp³-hybridized carbons (Fsp3) is 0.548. The maximum atomic E-state index is 15.1. The maximum absolute atomic E-state index is 15.1. The number of benzene rings is 2. The van der Waals surface area contributed by atoms with Crippen molar-refractivity contribution in [2.45, 2.75) is 92.5 Å². The molecule has 1 saturated heterocycles. The number of hydrogen-bond acceptors (Lipinski definition) is 4. The van der Waals surface area contributed by atoms with Crippen LogP contribution in [0.3, 0.4) is 0 Å². The van der Waals surface area contributed by atoms with Crippen LogP contribution in [0.15, 0.2) is 41.3 Å². The normalized spacial score (nSPS) is 27.2. The van der Waals surface area contributed by atoms with Gasteiger partial charge in [0.25, 0.3) is 0 Å². The molecule has 1 aliphatic heterocycles. The molecular weight excluding hydrogens is 667 g/mol. The first-order valence-electron chi connectivity index (χ1n) is 14.6. The SMILES string of the molecule is Cc1ccc(S(=O)(=O)C23CCN(C(=O)[C@H]4CC[C@](C)(C(=O)O)CC4)C2CCc2cc(C(F)(C(F)(F)F)C(F)(F)F)ccc23)cc1Cl. The van der Waals surface area contributed by atoms with Crippen molar-refractivity contribution >= 4 is 33.3 Å². The van der Waals surface area contributed by atoms with E-state index in [0.29, 0.717) is 17.7 Å². The first-order chi connectivity index (χ1) is 21.1. The van der Waals surface area contributed by atoms with Gasteiger partial charge in [-0.2, -0.15) is 26.3 Å². The summed E-state index contributed by atoms with van der Waals surface area (Å²) in [5.74, 6) is -1.99. The number of amides is 1. The minimum Gasteiger partial charge on any atom is -0.481 e. The Balaban J connectivity index is 1.63. The molecule has 2 aliphatic carbocycles. The third-order valence-electron chi connectivity index (χ3n) is 10.2. The molecule has 2 unspecified atom stereocenters. The molecule has 0 bridgehead atoms. The van der Waals surface area contributed by atoms with E-state index in [1.54, 1.807) is 13.8 Å². The predicted molar refractivity (Wildman–Crippen MR) is 153 cm³/mol. The van der Waals surface area contributed by atoms with Gasteiger partial charge in [-0.15, -0.1) is 0 Å². The molecule has 0 spiro atoms. The van der Waals surface area contributed by atoms with E-state index in [1.165, 1.54) is 23.1 Å². The molecule has 0 radical (unpaired) electrons. The second-order valence-electron chi connectivity index (χ2n) is 12.8. The lowest BCUT2D eigenvalue weighted by Gasteiger charge is -2.44.